The Morgan fingerprint density at radius 3 is 2.67 bits per heavy atom. The van der Waals surface area contributed by atoms with Gasteiger partial charge in [0.15, 0.2) is 18.0 Å². The Bertz CT molecular complexity index is 845. The normalized spacial score (nSPS) is 13.4. The van der Waals surface area contributed by atoms with Gasteiger partial charge in [0, 0.05) is 11.1 Å². The number of amides is 1. The van der Waals surface area contributed by atoms with Gasteiger partial charge in [-0.1, -0.05) is 30.1 Å². The van der Waals surface area contributed by atoms with E-state index in [1.54, 1.807) is 30.3 Å². The summed E-state index contributed by atoms with van der Waals surface area (Å²) in [6.45, 7) is 3.69. The van der Waals surface area contributed by atoms with Crippen LogP contribution in [-0.2, 0) is 11.3 Å². The van der Waals surface area contributed by atoms with Crippen molar-refractivity contribution in [2.45, 2.75) is 19.9 Å². The van der Waals surface area contributed by atoms with Crippen molar-refractivity contribution in [2.75, 3.05) is 25.2 Å². The smallest absolute Gasteiger partial charge is 0.279 e. The SMILES string of the molecule is CCC[NH+](CC(=O)Nc1ccc(Cl)cc1Cl)Cc1cc2c(cc1O)OCO2. The number of nitrogens with one attached hydrogen (secondary N) is 2. The van der Waals surface area contributed by atoms with Crippen molar-refractivity contribution >= 4 is 34.8 Å². The van der Waals surface area contributed by atoms with Gasteiger partial charge in [0.25, 0.3) is 5.91 Å². The second-order valence-electron chi connectivity index (χ2n) is 6.36. The molecule has 8 heteroatoms. The quantitative estimate of drug-likeness (QED) is 0.654. The third kappa shape index (κ3) is 4.97. The molecule has 1 aliphatic rings. The van der Waals surface area contributed by atoms with Gasteiger partial charge in [-0.05, 0) is 30.7 Å². The molecular formula is C19H21Cl2N2O4+. The molecule has 3 rings (SSSR count). The highest BCUT2D eigenvalue weighted by Gasteiger charge is 2.21. The number of hydrogen-bond acceptors (Lipinski definition) is 4. The molecule has 2 aromatic carbocycles. The Morgan fingerprint density at radius 2 is 1.96 bits per heavy atom. The largest absolute Gasteiger partial charge is 0.507 e. The van der Waals surface area contributed by atoms with Crippen LogP contribution in [0.2, 0.25) is 10.0 Å². The Balaban J connectivity index is 1.67. The number of halogens is 2. The summed E-state index contributed by atoms with van der Waals surface area (Å²) < 4.78 is 10.6. The molecule has 1 amide bonds. The van der Waals surface area contributed by atoms with Crippen LogP contribution in [0.25, 0.3) is 0 Å². The molecule has 144 valence electrons. The summed E-state index contributed by atoms with van der Waals surface area (Å²) in [5, 5.41) is 14.0. The molecule has 0 saturated heterocycles. The maximum atomic E-state index is 12.5. The van der Waals surface area contributed by atoms with Crippen molar-refractivity contribution in [3.05, 3.63) is 45.9 Å². The van der Waals surface area contributed by atoms with Crippen LogP contribution in [0.1, 0.15) is 18.9 Å². The number of hydrogen-bond donors (Lipinski definition) is 3. The van der Waals surface area contributed by atoms with E-state index >= 15 is 0 Å². The van der Waals surface area contributed by atoms with E-state index < -0.39 is 0 Å². The molecule has 3 N–H and O–H groups in total. The van der Waals surface area contributed by atoms with Gasteiger partial charge in [-0.25, -0.2) is 0 Å². The first-order chi connectivity index (χ1) is 13.0. The molecule has 2 aromatic rings. The lowest BCUT2D eigenvalue weighted by Gasteiger charge is -2.19. The van der Waals surface area contributed by atoms with Gasteiger partial charge in [0.05, 0.1) is 22.8 Å². The number of benzene rings is 2. The van der Waals surface area contributed by atoms with E-state index in [0.717, 1.165) is 17.9 Å². The topological polar surface area (TPSA) is 72.2 Å². The summed E-state index contributed by atoms with van der Waals surface area (Å²) in [5.74, 6) is 1.11. The minimum atomic E-state index is -0.164. The lowest BCUT2D eigenvalue weighted by Crippen LogP contribution is -3.11. The molecule has 27 heavy (non-hydrogen) atoms. The fourth-order valence-electron chi connectivity index (χ4n) is 2.99. The monoisotopic (exact) mass is 411 g/mol. The van der Waals surface area contributed by atoms with Crippen molar-refractivity contribution < 1.29 is 24.3 Å². The lowest BCUT2D eigenvalue weighted by molar-refractivity contribution is -0.905. The Kier molecular flexibility index (Phi) is 6.31. The van der Waals surface area contributed by atoms with Crippen LogP contribution >= 0.6 is 23.2 Å². The molecule has 0 aliphatic carbocycles. The van der Waals surface area contributed by atoms with Gasteiger partial charge < -0.3 is 24.8 Å². The van der Waals surface area contributed by atoms with Crippen molar-refractivity contribution in [3.63, 3.8) is 0 Å². The standard InChI is InChI=1S/C19H20Cl2N2O4/c1-2-5-23(9-12-6-17-18(8-16(12)24)27-11-26-17)10-19(25)22-15-4-3-13(20)7-14(15)21/h3-4,6-8,24H,2,5,9-11H2,1H3,(H,22,25)/p+1. The molecule has 1 heterocycles. The summed E-state index contributed by atoms with van der Waals surface area (Å²) in [5.41, 5.74) is 1.23. The average Bonchev–Trinajstić information content (AvgIpc) is 3.05. The van der Waals surface area contributed by atoms with Crippen LogP contribution in [-0.4, -0.2) is 30.9 Å². The van der Waals surface area contributed by atoms with Crippen LogP contribution in [0.3, 0.4) is 0 Å². The van der Waals surface area contributed by atoms with E-state index in [1.807, 2.05) is 6.92 Å². The first-order valence-corrected chi connectivity index (χ1v) is 9.41. The van der Waals surface area contributed by atoms with Crippen LogP contribution in [0.15, 0.2) is 30.3 Å². The van der Waals surface area contributed by atoms with Crippen molar-refractivity contribution in [2.24, 2.45) is 0 Å². The number of phenolic OH excluding ortho intramolecular Hbond substituents is 1. The van der Waals surface area contributed by atoms with Crippen LogP contribution in [0.4, 0.5) is 5.69 Å². The number of carbonyl (C=O) groups excluding carboxylic acids is 1. The van der Waals surface area contributed by atoms with Gasteiger partial charge in [-0.2, -0.15) is 0 Å². The minimum Gasteiger partial charge on any atom is -0.507 e. The summed E-state index contributed by atoms with van der Waals surface area (Å²) in [4.78, 5) is 13.5. The van der Waals surface area contributed by atoms with Gasteiger partial charge in [-0.15, -0.1) is 0 Å². The number of phenols is 1. The number of rotatable bonds is 7. The Labute approximate surface area is 167 Å². The van der Waals surface area contributed by atoms with Crippen molar-refractivity contribution in [1.29, 1.82) is 0 Å². The summed E-state index contributed by atoms with van der Waals surface area (Å²) in [6, 6.07) is 8.24. The third-order valence-electron chi connectivity index (χ3n) is 4.23. The summed E-state index contributed by atoms with van der Waals surface area (Å²) >= 11 is 12.0. The average molecular weight is 412 g/mol. The zero-order chi connectivity index (χ0) is 19.4. The fourth-order valence-corrected chi connectivity index (χ4v) is 3.45. The van der Waals surface area contributed by atoms with Crippen LogP contribution in [0, 0.1) is 0 Å². The lowest BCUT2D eigenvalue weighted by atomic mass is 10.1. The second kappa shape index (κ2) is 8.69. The maximum Gasteiger partial charge on any atom is 0.279 e. The van der Waals surface area contributed by atoms with Gasteiger partial charge >= 0.3 is 0 Å². The minimum absolute atomic E-state index is 0.133. The fraction of sp³-hybridized carbons (Fsp3) is 0.316. The highest BCUT2D eigenvalue weighted by atomic mass is 35.5. The van der Waals surface area contributed by atoms with E-state index in [-0.39, 0.29) is 25.0 Å². The highest BCUT2D eigenvalue weighted by molar-refractivity contribution is 6.36. The molecule has 0 spiro atoms. The van der Waals surface area contributed by atoms with Crippen LogP contribution in [0.5, 0.6) is 17.2 Å². The molecule has 0 saturated carbocycles. The first-order valence-electron chi connectivity index (χ1n) is 8.66. The number of fused-ring (bicyclic) bond motifs is 1. The highest BCUT2D eigenvalue weighted by Crippen LogP contribution is 2.37. The van der Waals surface area contributed by atoms with E-state index in [1.165, 1.54) is 0 Å². The van der Waals surface area contributed by atoms with Crippen molar-refractivity contribution in [3.8, 4) is 17.2 Å². The number of aromatic hydroxyl groups is 1. The molecule has 6 nitrogen and oxygen atoms in total. The maximum absolute atomic E-state index is 12.5. The zero-order valence-electron chi connectivity index (χ0n) is 14.9. The van der Waals surface area contributed by atoms with Gasteiger partial charge in [0.2, 0.25) is 6.79 Å². The Hall–Kier alpha value is -2.15. The van der Waals surface area contributed by atoms with E-state index in [9.17, 15) is 9.90 Å². The summed E-state index contributed by atoms with van der Waals surface area (Å²) in [7, 11) is 0. The summed E-state index contributed by atoms with van der Waals surface area (Å²) in [6.07, 6.45) is 0.898. The van der Waals surface area contributed by atoms with E-state index in [2.05, 4.69) is 5.32 Å². The number of quaternary nitrogens is 1. The first kappa shape index (κ1) is 19.6. The number of anilines is 1. The van der Waals surface area contributed by atoms with E-state index in [4.69, 9.17) is 32.7 Å². The van der Waals surface area contributed by atoms with Crippen LogP contribution < -0.4 is 19.7 Å². The molecule has 1 atom stereocenters. The molecule has 1 unspecified atom stereocenters. The van der Waals surface area contributed by atoms with Gasteiger partial charge in [-0.3, -0.25) is 4.79 Å². The van der Waals surface area contributed by atoms with Crippen molar-refractivity contribution in [1.82, 2.24) is 0 Å². The molecule has 0 aromatic heterocycles. The molecular weight excluding hydrogens is 391 g/mol. The molecule has 0 bridgehead atoms. The Morgan fingerprint density at radius 1 is 1.22 bits per heavy atom. The molecule has 0 fully saturated rings. The second-order valence-corrected chi connectivity index (χ2v) is 7.20. The van der Waals surface area contributed by atoms with E-state index in [0.29, 0.717) is 39.3 Å². The zero-order valence-corrected chi connectivity index (χ0v) is 16.4. The van der Waals surface area contributed by atoms with Gasteiger partial charge in [0.1, 0.15) is 12.3 Å². The predicted octanol–water partition coefficient (Wildman–Crippen LogP) is 2.86. The molecule has 0 radical (unpaired) electrons. The third-order valence-corrected chi connectivity index (χ3v) is 4.78. The number of ether oxygens (including phenoxy) is 2. The molecule has 1 aliphatic heterocycles. The predicted molar refractivity (Wildman–Crippen MR) is 104 cm³/mol. The number of carbonyl (C=O) groups is 1.